The Labute approximate surface area is 120 Å². The van der Waals surface area contributed by atoms with Crippen molar-refractivity contribution in [2.24, 2.45) is 0 Å². The van der Waals surface area contributed by atoms with Crippen LogP contribution in [0.2, 0.25) is 0 Å². The average Bonchev–Trinajstić information content (AvgIpc) is 2.98. The largest absolute Gasteiger partial charge is 0.367 e. The average molecular weight is 290 g/mol. The smallest absolute Gasteiger partial charge is 0.273 e. The fourth-order valence-corrected chi connectivity index (χ4v) is 2.15. The molecule has 0 aliphatic carbocycles. The van der Waals surface area contributed by atoms with E-state index in [1.165, 1.54) is 6.07 Å². The highest BCUT2D eigenvalue weighted by Gasteiger charge is 2.22. The topological polar surface area (TPSA) is 103 Å². The van der Waals surface area contributed by atoms with E-state index in [1.54, 1.807) is 19.1 Å². The highest BCUT2D eigenvalue weighted by Crippen LogP contribution is 2.27. The fourth-order valence-electron chi connectivity index (χ4n) is 2.15. The molecule has 0 amide bonds. The molecule has 110 valence electrons. The first-order valence-electron chi connectivity index (χ1n) is 6.56. The van der Waals surface area contributed by atoms with E-state index in [4.69, 9.17) is 9.26 Å². The number of nitrogens with one attached hydrogen (secondary N) is 1. The minimum atomic E-state index is -0.426. The van der Waals surface area contributed by atoms with Crippen LogP contribution in [-0.2, 0) is 4.74 Å². The summed E-state index contributed by atoms with van der Waals surface area (Å²) in [5, 5.41) is 18.0. The van der Waals surface area contributed by atoms with Crippen molar-refractivity contribution in [2.75, 3.05) is 19.7 Å². The van der Waals surface area contributed by atoms with Gasteiger partial charge < -0.3 is 14.6 Å². The number of ether oxygens (including phenoxy) is 1. The number of rotatable bonds is 3. The van der Waals surface area contributed by atoms with Gasteiger partial charge in [-0.2, -0.15) is 4.98 Å². The molecule has 0 radical (unpaired) electrons. The summed E-state index contributed by atoms with van der Waals surface area (Å²) in [5.41, 5.74) is 1.14. The maximum Gasteiger partial charge on any atom is 0.273 e. The van der Waals surface area contributed by atoms with E-state index >= 15 is 0 Å². The highest BCUT2D eigenvalue weighted by molar-refractivity contribution is 5.59. The Morgan fingerprint density at radius 3 is 3.05 bits per heavy atom. The van der Waals surface area contributed by atoms with Gasteiger partial charge in [0.25, 0.3) is 11.6 Å². The van der Waals surface area contributed by atoms with Crippen LogP contribution in [0.3, 0.4) is 0 Å². The van der Waals surface area contributed by atoms with E-state index in [9.17, 15) is 10.1 Å². The standard InChI is InChI=1S/C13H14N4O4/c1-8-2-3-9(6-10(8)17(18)19)13-15-12(16-21-13)11-7-14-4-5-20-11/h2-3,6,11,14H,4-5,7H2,1H3. The van der Waals surface area contributed by atoms with E-state index in [0.29, 0.717) is 30.1 Å². The van der Waals surface area contributed by atoms with Crippen molar-refractivity contribution in [2.45, 2.75) is 13.0 Å². The quantitative estimate of drug-likeness (QED) is 0.676. The van der Waals surface area contributed by atoms with Gasteiger partial charge in [-0.25, -0.2) is 0 Å². The van der Waals surface area contributed by atoms with Crippen LogP contribution < -0.4 is 5.32 Å². The maximum absolute atomic E-state index is 11.0. The Balaban J connectivity index is 1.89. The van der Waals surface area contributed by atoms with E-state index < -0.39 is 4.92 Å². The molecule has 1 aromatic carbocycles. The third-order valence-electron chi connectivity index (χ3n) is 3.31. The predicted molar refractivity (Wildman–Crippen MR) is 72.7 cm³/mol. The van der Waals surface area contributed by atoms with E-state index in [0.717, 1.165) is 6.54 Å². The predicted octanol–water partition coefficient (Wildman–Crippen LogP) is 1.61. The van der Waals surface area contributed by atoms with Gasteiger partial charge in [0.1, 0.15) is 6.10 Å². The van der Waals surface area contributed by atoms with Crippen molar-refractivity contribution in [1.29, 1.82) is 0 Å². The summed E-state index contributed by atoms with van der Waals surface area (Å²) in [5.74, 6) is 0.697. The zero-order valence-corrected chi connectivity index (χ0v) is 11.4. The van der Waals surface area contributed by atoms with E-state index in [2.05, 4.69) is 15.5 Å². The molecule has 1 N–H and O–H groups in total. The van der Waals surface area contributed by atoms with Crippen LogP contribution in [0.1, 0.15) is 17.5 Å². The Morgan fingerprint density at radius 2 is 2.33 bits per heavy atom. The summed E-state index contributed by atoms with van der Waals surface area (Å²) in [6.07, 6.45) is -0.253. The lowest BCUT2D eigenvalue weighted by molar-refractivity contribution is -0.385. The summed E-state index contributed by atoms with van der Waals surface area (Å²) in [6.45, 7) is 3.69. The van der Waals surface area contributed by atoms with Crippen LogP contribution in [0.5, 0.6) is 0 Å². The van der Waals surface area contributed by atoms with Crippen LogP contribution in [0.15, 0.2) is 22.7 Å². The number of nitrogens with zero attached hydrogens (tertiary/aromatic N) is 3. The number of aryl methyl sites for hydroxylation is 1. The number of morpholine rings is 1. The molecular weight excluding hydrogens is 276 g/mol. The molecule has 3 rings (SSSR count). The summed E-state index contributed by atoms with van der Waals surface area (Å²) >= 11 is 0. The molecule has 2 heterocycles. The second-order valence-corrected chi connectivity index (χ2v) is 4.78. The molecule has 8 nitrogen and oxygen atoms in total. The number of nitro benzene ring substituents is 1. The van der Waals surface area contributed by atoms with Crippen LogP contribution in [0.4, 0.5) is 5.69 Å². The second-order valence-electron chi connectivity index (χ2n) is 4.78. The van der Waals surface area contributed by atoms with Crippen molar-refractivity contribution in [1.82, 2.24) is 15.5 Å². The zero-order valence-electron chi connectivity index (χ0n) is 11.4. The third kappa shape index (κ3) is 2.76. The molecule has 21 heavy (non-hydrogen) atoms. The number of aromatic nitrogens is 2. The number of hydrogen-bond donors (Lipinski definition) is 1. The van der Waals surface area contributed by atoms with Crippen molar-refractivity contribution in [3.63, 3.8) is 0 Å². The minimum absolute atomic E-state index is 0.0304. The van der Waals surface area contributed by atoms with Gasteiger partial charge in [-0.05, 0) is 13.0 Å². The lowest BCUT2D eigenvalue weighted by atomic mass is 10.1. The number of nitro groups is 1. The first-order chi connectivity index (χ1) is 10.1. The highest BCUT2D eigenvalue weighted by atomic mass is 16.6. The molecule has 1 atom stereocenters. The Hall–Kier alpha value is -2.32. The van der Waals surface area contributed by atoms with Crippen LogP contribution >= 0.6 is 0 Å². The molecule has 0 bridgehead atoms. The van der Waals surface area contributed by atoms with Crippen molar-refractivity contribution in [3.8, 4) is 11.5 Å². The molecule has 1 unspecified atom stereocenters. The Morgan fingerprint density at radius 1 is 1.48 bits per heavy atom. The van der Waals surface area contributed by atoms with Gasteiger partial charge in [0.15, 0.2) is 0 Å². The number of hydrogen-bond acceptors (Lipinski definition) is 7. The van der Waals surface area contributed by atoms with Crippen molar-refractivity contribution in [3.05, 3.63) is 39.7 Å². The molecule has 0 spiro atoms. The van der Waals surface area contributed by atoms with Crippen molar-refractivity contribution < 1.29 is 14.2 Å². The zero-order chi connectivity index (χ0) is 14.8. The number of benzene rings is 1. The molecule has 0 saturated carbocycles. The maximum atomic E-state index is 11.0. The summed E-state index contributed by atoms with van der Waals surface area (Å²) in [6, 6.07) is 4.82. The SMILES string of the molecule is Cc1ccc(-c2nc(C3CNCCO3)no2)cc1[N+](=O)[O-]. The third-order valence-corrected chi connectivity index (χ3v) is 3.31. The first-order valence-corrected chi connectivity index (χ1v) is 6.56. The summed E-state index contributed by atoms with van der Waals surface area (Å²) in [7, 11) is 0. The van der Waals surface area contributed by atoms with Crippen LogP contribution in [-0.4, -0.2) is 34.8 Å². The Bertz CT molecular complexity index is 664. The lowest BCUT2D eigenvalue weighted by Crippen LogP contribution is -2.33. The molecule has 8 heteroatoms. The van der Waals surface area contributed by atoms with Gasteiger partial charge in [-0.15, -0.1) is 0 Å². The molecular formula is C13H14N4O4. The molecule has 1 fully saturated rings. The van der Waals surface area contributed by atoms with Gasteiger partial charge in [0, 0.05) is 30.3 Å². The monoisotopic (exact) mass is 290 g/mol. The second kappa shape index (κ2) is 5.58. The van der Waals surface area contributed by atoms with E-state index in [1.807, 2.05) is 0 Å². The van der Waals surface area contributed by atoms with Gasteiger partial charge in [-0.3, -0.25) is 10.1 Å². The minimum Gasteiger partial charge on any atom is -0.367 e. The normalized spacial score (nSPS) is 18.6. The molecule has 1 saturated heterocycles. The van der Waals surface area contributed by atoms with Gasteiger partial charge >= 0.3 is 0 Å². The van der Waals surface area contributed by atoms with Gasteiger partial charge in [0.2, 0.25) is 5.82 Å². The first kappa shape index (κ1) is 13.7. The molecule has 2 aromatic rings. The Kier molecular flexibility index (Phi) is 3.63. The van der Waals surface area contributed by atoms with Crippen LogP contribution in [0.25, 0.3) is 11.5 Å². The van der Waals surface area contributed by atoms with Crippen LogP contribution in [0, 0.1) is 17.0 Å². The summed E-state index contributed by atoms with van der Waals surface area (Å²) in [4.78, 5) is 14.8. The van der Waals surface area contributed by atoms with Crippen molar-refractivity contribution >= 4 is 5.69 Å². The summed E-state index contributed by atoms with van der Waals surface area (Å²) < 4.78 is 10.7. The molecule has 1 aliphatic rings. The van der Waals surface area contributed by atoms with Gasteiger partial charge in [0.05, 0.1) is 11.5 Å². The van der Waals surface area contributed by atoms with E-state index in [-0.39, 0.29) is 17.7 Å². The van der Waals surface area contributed by atoms with Gasteiger partial charge in [-0.1, -0.05) is 11.2 Å². The fraction of sp³-hybridized carbons (Fsp3) is 0.385. The molecule has 1 aliphatic heterocycles. The lowest BCUT2D eigenvalue weighted by Gasteiger charge is -2.20. The molecule has 1 aromatic heterocycles.